The highest BCUT2D eigenvalue weighted by Gasteiger charge is 2.69. The minimum absolute atomic E-state index is 0.0599. The van der Waals surface area contributed by atoms with Gasteiger partial charge >= 0.3 is 0 Å². The van der Waals surface area contributed by atoms with Crippen molar-refractivity contribution in [1.29, 1.82) is 0 Å². The van der Waals surface area contributed by atoms with Crippen LogP contribution >= 0.6 is 0 Å². The highest BCUT2D eigenvalue weighted by atomic mass is 16.7. The van der Waals surface area contributed by atoms with Crippen molar-refractivity contribution in [3.63, 3.8) is 0 Å². The molecular formula is C77H106O30. The van der Waals surface area contributed by atoms with Gasteiger partial charge in [-0.05, 0) is 117 Å². The fourth-order valence-corrected chi connectivity index (χ4v) is 18.4. The third-order valence-electron chi connectivity index (χ3n) is 25.3. The number of ether oxygens (including phenoxy) is 8. The van der Waals surface area contributed by atoms with Gasteiger partial charge in [-0.3, -0.25) is 19.2 Å². The molecule has 18 N–H and O–H groups in total. The van der Waals surface area contributed by atoms with Crippen LogP contribution in [0.15, 0.2) is 119 Å². The molecule has 0 unspecified atom stereocenters. The summed E-state index contributed by atoms with van der Waals surface area (Å²) < 4.78 is 48.7. The zero-order valence-electron chi connectivity index (χ0n) is 61.2. The Morgan fingerprint density at radius 2 is 0.785 bits per heavy atom. The van der Waals surface area contributed by atoms with Gasteiger partial charge in [-0.1, -0.05) is 113 Å². The number of ketones is 4. The van der Waals surface area contributed by atoms with Gasteiger partial charge in [-0.25, -0.2) is 0 Å². The van der Waals surface area contributed by atoms with Crippen molar-refractivity contribution in [1.82, 2.24) is 0 Å². The molecule has 11 rings (SSSR count). The molecule has 4 spiro atoms. The molecule has 5 aliphatic carbocycles. The van der Waals surface area contributed by atoms with Crippen molar-refractivity contribution in [2.24, 2.45) is 69.5 Å². The highest BCUT2D eigenvalue weighted by molar-refractivity contribution is 5.97. The van der Waals surface area contributed by atoms with Crippen LogP contribution in [0.25, 0.3) is 0 Å². The van der Waals surface area contributed by atoms with E-state index >= 15 is 19.2 Å². The summed E-state index contributed by atoms with van der Waals surface area (Å²) in [7, 11) is 0. The first-order valence-corrected chi connectivity index (χ1v) is 36.6. The van der Waals surface area contributed by atoms with Crippen molar-refractivity contribution < 1.29 is 149 Å². The number of rotatable bonds is 10. The Morgan fingerprint density at radius 1 is 0.421 bits per heavy atom. The number of Topliss-reactive ketones (excluding diaryl/α,β-unsaturated/α-hetero) is 4. The van der Waals surface area contributed by atoms with Crippen LogP contribution in [-0.4, -0.2) is 288 Å². The third kappa shape index (κ3) is 14.0. The summed E-state index contributed by atoms with van der Waals surface area (Å²) in [6.45, 7) is 11.2. The normalized spacial score (nSPS) is 51.4. The summed E-state index contributed by atoms with van der Waals surface area (Å²) in [5.74, 6) is -13.9. The molecule has 11 aliphatic rings. The topological polar surface area (TPSA) is 506 Å². The zero-order chi connectivity index (χ0) is 78.5. The van der Waals surface area contributed by atoms with Gasteiger partial charge in [0.05, 0.1) is 64.1 Å². The van der Waals surface area contributed by atoms with Crippen LogP contribution in [0.1, 0.15) is 88.0 Å². The molecule has 30 nitrogen and oxygen atoms in total. The molecule has 6 saturated heterocycles. The minimum Gasteiger partial charge on any atom is -0.394 e. The Kier molecular flexibility index (Phi) is 24.2. The first-order valence-electron chi connectivity index (χ1n) is 36.6. The molecule has 6 fully saturated rings. The molecular weight excluding hydrogens is 1400 g/mol. The predicted molar refractivity (Wildman–Crippen MR) is 370 cm³/mol. The number of aliphatic hydroxyl groups excluding tert-OH is 18. The second kappa shape index (κ2) is 31.2. The smallest absolute Gasteiger partial charge is 0.187 e. The van der Waals surface area contributed by atoms with E-state index in [1.165, 1.54) is 88.5 Å². The quantitative estimate of drug-likeness (QED) is 0.103. The summed E-state index contributed by atoms with van der Waals surface area (Å²) in [4.78, 5) is 62.0. The van der Waals surface area contributed by atoms with E-state index in [2.05, 4.69) is 0 Å². The van der Waals surface area contributed by atoms with Crippen LogP contribution in [0.2, 0.25) is 0 Å². The second-order valence-electron chi connectivity index (χ2n) is 32.1. The lowest BCUT2D eigenvalue weighted by Gasteiger charge is -2.47. The molecule has 6 aliphatic heterocycles. The summed E-state index contributed by atoms with van der Waals surface area (Å²) in [6.07, 6.45) is -12.8. The number of fused-ring (bicyclic) bond motifs is 4. The molecule has 34 atom stereocenters. The van der Waals surface area contributed by atoms with Gasteiger partial charge in [-0.2, -0.15) is 0 Å². The van der Waals surface area contributed by atoms with E-state index in [9.17, 15) is 91.9 Å². The van der Waals surface area contributed by atoms with Gasteiger partial charge in [0.2, 0.25) is 0 Å². The van der Waals surface area contributed by atoms with Crippen molar-refractivity contribution in [3.05, 3.63) is 119 Å². The van der Waals surface area contributed by atoms with Crippen LogP contribution in [-0.2, 0) is 57.1 Å². The average Bonchev–Trinajstić information content (AvgIpc) is 1.60. The highest BCUT2D eigenvalue weighted by Crippen LogP contribution is 2.59. The lowest BCUT2D eigenvalue weighted by atomic mass is 9.59. The van der Waals surface area contributed by atoms with E-state index in [1.54, 1.807) is 46.8 Å². The van der Waals surface area contributed by atoms with E-state index in [1.807, 2.05) is 0 Å². The summed E-state index contributed by atoms with van der Waals surface area (Å²) in [5.41, 5.74) is -11.4. The van der Waals surface area contributed by atoms with Gasteiger partial charge in [0, 0.05) is 22.2 Å². The van der Waals surface area contributed by atoms with Crippen molar-refractivity contribution >= 4 is 23.1 Å². The summed E-state index contributed by atoms with van der Waals surface area (Å²) >= 11 is 0. The largest absolute Gasteiger partial charge is 0.394 e. The van der Waals surface area contributed by atoms with Crippen LogP contribution in [0, 0.1) is 69.5 Å². The Morgan fingerprint density at radius 3 is 1.22 bits per heavy atom. The molecule has 0 saturated carbocycles. The molecule has 8 bridgehead atoms. The van der Waals surface area contributed by atoms with Crippen molar-refractivity contribution in [3.8, 4) is 0 Å². The molecule has 6 heterocycles. The van der Waals surface area contributed by atoms with Crippen molar-refractivity contribution in [2.75, 3.05) is 39.6 Å². The van der Waals surface area contributed by atoms with Crippen LogP contribution in [0.5, 0.6) is 0 Å². The van der Waals surface area contributed by atoms with Crippen LogP contribution in [0.4, 0.5) is 0 Å². The minimum atomic E-state index is -2.06. The molecule has 0 aromatic heterocycles. The van der Waals surface area contributed by atoms with Gasteiger partial charge < -0.3 is 130 Å². The molecule has 0 aromatic carbocycles. The first kappa shape index (κ1) is 83.0. The number of hydrogen-bond donors (Lipinski definition) is 18. The fraction of sp³-hybridized carbons (Fsp3) is 0.688. The van der Waals surface area contributed by atoms with E-state index < -0.39 is 252 Å². The lowest BCUT2D eigenvalue weighted by Crippen LogP contribution is -2.59. The predicted octanol–water partition coefficient (Wildman–Crippen LogP) is -2.23. The lowest BCUT2D eigenvalue weighted by molar-refractivity contribution is -0.299. The maximum absolute atomic E-state index is 15.6. The summed E-state index contributed by atoms with van der Waals surface area (Å²) in [5, 5.41) is 203. The number of allylic oxidation sites excluding steroid dienone is 4. The Bertz CT molecular complexity index is 3680. The van der Waals surface area contributed by atoms with Crippen molar-refractivity contribution in [2.45, 2.75) is 221 Å². The van der Waals surface area contributed by atoms with E-state index in [-0.39, 0.29) is 50.0 Å². The Balaban J connectivity index is 1.01. The number of carbonyl (C=O) groups is 4. The fourth-order valence-electron chi connectivity index (χ4n) is 18.4. The molecule has 107 heavy (non-hydrogen) atoms. The molecule has 0 amide bonds. The second-order valence-corrected chi connectivity index (χ2v) is 32.1. The van der Waals surface area contributed by atoms with Crippen LogP contribution in [0.3, 0.4) is 0 Å². The van der Waals surface area contributed by atoms with E-state index in [0.717, 1.165) is 12.2 Å². The maximum atomic E-state index is 15.6. The van der Waals surface area contributed by atoms with Gasteiger partial charge in [0.15, 0.2) is 60.9 Å². The molecule has 0 aromatic rings. The van der Waals surface area contributed by atoms with E-state index in [0.29, 0.717) is 22.3 Å². The Hall–Kier alpha value is -4.96. The Labute approximate surface area is 618 Å². The first-order chi connectivity index (χ1) is 50.2. The summed E-state index contributed by atoms with van der Waals surface area (Å²) in [6, 6.07) is 0. The molecule has 30 heteroatoms. The van der Waals surface area contributed by atoms with Gasteiger partial charge in [0.1, 0.15) is 94.9 Å². The number of hydrogen-bond acceptors (Lipinski definition) is 30. The monoisotopic (exact) mass is 1510 g/mol. The standard InChI is InChI=1S/C77H106O30/c1-34-12-10-14-44-20-40(32-100-69-59(90)57(88)55(86)47(30-80)102-69)36(3)21-74(44)61(92)49(65(96)104-74)45(82)15-18-72(8)25-41(28-78)38(5)23-77(72)64(95)52(68(99)107-77)54(85)35(2)13-11-17-71(7)27-43(33-101-70-60(91)58(89)56(87)48(31-81)103-70)39(6)24-75(71)62(93)50(66(97)105-75)46(83)16-19-73(9)26-42(29-79)37(4)22-76(73)63(94)51(53(34)84)67(98)106-76/h10-20,25-27,36-39,44-60,65-70,78-91,96-99H,21-24,28-33H2,1-9H3/b14-10-,17-11-,18-15-,19-16-,34-12-,35-13-/t36-,37-,38+,39-,44-,45+,46-,47+,48-,49+,50-,51+,52-,53+,54-,55+,56+,57+,58+,59-,60+,65+,66+,67-,68-,69-,70-,71+,72-,73-,74+,75-,76-,77+/m0/s1. The maximum Gasteiger partial charge on any atom is 0.187 e. The van der Waals surface area contributed by atoms with Gasteiger partial charge in [0.25, 0.3) is 0 Å². The third-order valence-corrected chi connectivity index (χ3v) is 25.3. The number of carbonyl (C=O) groups excluding carboxylic acids is 4. The zero-order valence-corrected chi connectivity index (χ0v) is 61.2. The SMILES string of the molecule is C/C1=C/C=C\[C@H]2C=C(CO[C@H]3O[C@H](CO)[C@@H](O)[C@@H](O)[C@@H]3O)[C@@H](C)C[C@@]23O[C@@H](O)[C@@H](C3=O)[C@H](O)/C=C\[C@@]2(C)C=C(CO)[C@H](C)C[C@]23O[C@H](O)[C@H](C3=O)[C@@H](O)/C(C)=C\C=C/[C@]2(C)C=C(CO[C@H]3O[C@@H](CO)[C@@H](O)[C@@H](O)[C@H]3O)[C@@H](C)C[C@@]23O[C@@H](O)[C@H](C3=O)[C@@H](O)/C=C\[C@@]2(C)C=C(CO)[C@@H](C)C[C@@]23O[C@H](O)[C@@H](C3=O)[C@@H]1O. The average molecular weight is 1510 g/mol. The molecule has 0 radical (unpaired) electrons. The van der Waals surface area contributed by atoms with E-state index in [4.69, 9.17) is 37.9 Å². The number of aliphatic hydroxyl groups is 18. The van der Waals surface area contributed by atoms with Crippen LogP contribution < -0.4 is 0 Å². The van der Waals surface area contributed by atoms with Gasteiger partial charge in [-0.15, -0.1) is 0 Å². The molecule has 594 valence electrons.